The second kappa shape index (κ2) is 45.1. The van der Waals surface area contributed by atoms with Crippen molar-refractivity contribution in [1.29, 1.82) is 0 Å². The Balaban J connectivity index is 0.000000124. The number of nitrogens with zero attached hydrogens (tertiary/aromatic N) is 15. The van der Waals surface area contributed by atoms with Crippen LogP contribution in [0.15, 0.2) is 102 Å². The number of hydrogen-bond donors (Lipinski definition) is 5. The van der Waals surface area contributed by atoms with Crippen molar-refractivity contribution >= 4 is 182 Å². The molecule has 6 fully saturated rings. The number of rotatable bonds is 24. The molecule has 15 aromatic rings. The van der Waals surface area contributed by atoms with Crippen molar-refractivity contribution in [2.75, 3.05) is 69.9 Å². The highest BCUT2D eigenvalue weighted by molar-refractivity contribution is 7.16. The first kappa shape index (κ1) is 102. The average Bonchev–Trinajstić information content (AvgIpc) is 1.61. The zero-order chi connectivity index (χ0) is 101. The summed E-state index contributed by atoms with van der Waals surface area (Å²) < 4.78 is 46.4. The van der Waals surface area contributed by atoms with E-state index in [1.807, 2.05) is 133 Å². The fraction of sp³-hybridized carbons (Fsp3) is 0.406. The lowest BCUT2D eigenvalue weighted by atomic mass is 10.1. The van der Waals surface area contributed by atoms with Crippen LogP contribution in [-0.2, 0) is 47.9 Å². The maximum atomic E-state index is 12.7. The van der Waals surface area contributed by atoms with Crippen LogP contribution in [0.5, 0.6) is 23.0 Å². The lowest BCUT2D eigenvalue weighted by molar-refractivity contribution is -0.120. The van der Waals surface area contributed by atoms with Gasteiger partial charge in [-0.05, 0) is 270 Å². The van der Waals surface area contributed by atoms with Gasteiger partial charge in [0.15, 0.2) is 16.9 Å². The van der Waals surface area contributed by atoms with Gasteiger partial charge in [0.2, 0.25) is 5.91 Å². The standard InChI is InChI=1S/C29H33N5O3S.C25H26N4O2S.C24H26ClN5O2S.C12H13Cl2N3O.C12H14N2OS.C4H7NO/c1-16-17(2)38-29(30-16)20-10-11-22(25(13-20)36-4)33-23-14-21(15-24(35)19-8-9-19)32-28-27(23)31-18(3)34(28)26-7-5-6-12-37-26;1-13-9-20-24(26-13)21(11-18(28-20)12-22(30)16-5-6-16)29-19-8-7-17(10-23(19)31-4)25-27-14(2)15(3)32-25;1-13-14(2)33-24(26-13)16-8-9-17(19(11-16)31-4)28-18-12-20(25)29-23-22(18)27-15(3)30(23)21-7-5-6-10-32-21;1-7-15-11-8(13)6-9(14)16-12(11)17(7)10-4-2-3-5-18-10;1-7-8(2)16-12(14-7)9-4-5-10(13)11(6-9)15-3;5-4(6)3-1-2-3/h10-11,13-14,19,26H,5-9,12,15H2,1-4H3,(H,32,33);7-8,10-11,16H,5-6,9,12H2,1-4H3,(H,28,29);8-9,11-12,21H,5-7,10H2,1-4H3,(H,28,29);6,10H,2-5H2,1H3;4-6H,13H2,1-3H3;3H,1-2H2,(H2,5,6). The number of aromatic nitrogens is 14. The number of hydrogen-bond acceptors (Lipinski definition) is 30. The van der Waals surface area contributed by atoms with Crippen LogP contribution in [0.4, 0.5) is 45.5 Å². The third-order valence-corrected chi connectivity index (χ3v) is 31.3. The number of carbonyl (C=O) groups is 3. The molecule has 1 amide bonds. The molecular weight excluding hydrogens is 1950 g/mol. The second-order valence-electron chi connectivity index (χ2n) is 36.9. The van der Waals surface area contributed by atoms with E-state index in [4.69, 9.17) is 109 Å². The van der Waals surface area contributed by atoms with Crippen LogP contribution in [0.25, 0.3) is 75.8 Å². The Kier molecular flexibility index (Phi) is 32.3. The Morgan fingerprint density at radius 2 is 0.741 bits per heavy atom. The minimum Gasteiger partial charge on any atom is -0.495 e. The maximum Gasteiger partial charge on any atom is 0.220 e. The molecule has 0 spiro atoms. The van der Waals surface area contributed by atoms with Crippen LogP contribution in [-0.4, -0.2) is 140 Å². The quantitative estimate of drug-likeness (QED) is 0.0277. The van der Waals surface area contributed by atoms with Crippen molar-refractivity contribution in [2.45, 2.75) is 217 Å². The van der Waals surface area contributed by atoms with Crippen molar-refractivity contribution in [3.8, 4) is 65.3 Å². The number of halogens is 3. The van der Waals surface area contributed by atoms with Crippen LogP contribution in [0, 0.1) is 93.9 Å². The lowest BCUT2D eigenvalue weighted by Gasteiger charge is -2.25. The molecule has 22 rings (SSSR count). The number of benzene rings is 4. The summed E-state index contributed by atoms with van der Waals surface area (Å²) in [6.45, 7) is 26.6. The van der Waals surface area contributed by atoms with E-state index in [1.54, 1.807) is 85.9 Å². The van der Waals surface area contributed by atoms with E-state index in [0.717, 1.165) is 289 Å². The first-order chi connectivity index (χ1) is 68.8. The van der Waals surface area contributed by atoms with Crippen molar-refractivity contribution in [1.82, 2.24) is 68.5 Å². The Morgan fingerprint density at radius 3 is 1.10 bits per heavy atom. The average molecular weight is 2070 g/mol. The van der Waals surface area contributed by atoms with E-state index < -0.39 is 0 Å². The van der Waals surface area contributed by atoms with Crippen molar-refractivity contribution in [3.05, 3.63) is 189 Å². The molecule has 11 aromatic heterocycles. The summed E-state index contributed by atoms with van der Waals surface area (Å²) in [4.78, 5) is 96.1. The van der Waals surface area contributed by atoms with Gasteiger partial charge >= 0.3 is 0 Å². The number of anilines is 7. The summed E-state index contributed by atoms with van der Waals surface area (Å²) in [6, 6.07) is 31.2. The Labute approximate surface area is 862 Å². The number of imidazole rings is 3. The van der Waals surface area contributed by atoms with E-state index >= 15 is 0 Å². The number of carbonyl (C=O) groups excluding carboxylic acids is 3. The summed E-state index contributed by atoms with van der Waals surface area (Å²) in [7, 11) is 6.62. The number of ketones is 2. The number of ether oxygens (including phenoxy) is 7. The zero-order valence-electron chi connectivity index (χ0n) is 83.3. The van der Waals surface area contributed by atoms with Gasteiger partial charge in [0.25, 0.3) is 0 Å². The molecule has 37 heteroatoms. The number of Topliss-reactive ketones (excluding diaryl/α,β-unsaturated/α-hetero) is 2. The van der Waals surface area contributed by atoms with Gasteiger partial charge in [0, 0.05) is 110 Å². The van der Waals surface area contributed by atoms with Gasteiger partial charge in [-0.25, -0.2) is 49.8 Å². The largest absolute Gasteiger partial charge is 0.495 e. The van der Waals surface area contributed by atoms with E-state index in [-0.39, 0.29) is 53.9 Å². The van der Waals surface area contributed by atoms with Crippen molar-refractivity contribution < 1.29 is 47.5 Å². The third-order valence-electron chi connectivity index (χ3n) is 26.1. The van der Waals surface area contributed by atoms with Crippen LogP contribution in [0.2, 0.25) is 15.3 Å². The molecule has 3 atom stereocenters. The molecular formula is C106H119Cl3N20O10S4. The number of thiazole rings is 4. The molecule has 748 valence electrons. The lowest BCUT2D eigenvalue weighted by Crippen LogP contribution is -2.19. The number of pyridine rings is 4. The molecule has 7 N–H and O–H groups in total. The SMILES string of the molecule is COc1cc(-c2nc(C)c(C)s2)ccc1N.COc1cc(-c2nc(C)c(C)s2)ccc1Nc1cc(CC(=O)C2CC2)nc2c1N=C(C)C2.COc1cc(-c2nc(C)c(C)s2)ccc1Nc1cc(CC(=O)C2CC2)nc2c1nc(C)n2C1CCCCO1.COc1cc(-c2nc(C)c(C)s2)ccc1Nc1cc(Cl)nc2c1nc(C)n2C1CCCCO1.Cc1nc2c(Cl)cc(Cl)nc2n1C1CCCCO1.NC(=O)C1CC1. The van der Waals surface area contributed by atoms with Crippen LogP contribution in [0.1, 0.15) is 199 Å². The number of aliphatic imine (C=N–C) groups is 1. The summed E-state index contributed by atoms with van der Waals surface area (Å²) in [5.74, 6) is 6.48. The van der Waals surface area contributed by atoms with Gasteiger partial charge in [0.05, 0.1) is 113 Å². The first-order valence-electron chi connectivity index (χ1n) is 48.3. The normalized spacial score (nSPS) is 16.4. The number of amides is 1. The number of nitrogen functional groups attached to an aromatic ring is 1. The molecule has 4 aliphatic heterocycles. The monoisotopic (exact) mass is 2060 g/mol. The first-order valence-corrected chi connectivity index (χ1v) is 52.7. The Bertz CT molecular complexity index is 7220. The predicted molar refractivity (Wildman–Crippen MR) is 572 cm³/mol. The molecule has 3 saturated heterocycles. The van der Waals surface area contributed by atoms with E-state index in [1.165, 1.54) is 19.5 Å². The van der Waals surface area contributed by atoms with Gasteiger partial charge in [-0.15, -0.1) is 45.3 Å². The minimum absolute atomic E-state index is 0.00853. The highest BCUT2D eigenvalue weighted by atomic mass is 35.5. The minimum atomic E-state index is -0.130. The summed E-state index contributed by atoms with van der Waals surface area (Å²) in [5, 5.41) is 15.8. The number of aryl methyl sites for hydroxylation is 11. The molecule has 3 saturated carbocycles. The highest BCUT2D eigenvalue weighted by Gasteiger charge is 2.35. The van der Waals surface area contributed by atoms with E-state index in [0.29, 0.717) is 68.7 Å². The number of nitrogens with one attached hydrogen (secondary N) is 3. The second-order valence-corrected chi connectivity index (χ2v) is 42.9. The molecule has 3 unspecified atom stereocenters. The van der Waals surface area contributed by atoms with Gasteiger partial charge in [-0.1, -0.05) is 34.8 Å². The number of methoxy groups -OCH3 is 4. The molecule has 7 aliphatic rings. The zero-order valence-corrected chi connectivity index (χ0v) is 88.8. The molecule has 15 heterocycles. The number of nitrogens with two attached hydrogens (primary N) is 2. The van der Waals surface area contributed by atoms with Crippen LogP contribution >= 0.6 is 80.1 Å². The smallest absolute Gasteiger partial charge is 0.220 e. The Hall–Kier alpha value is -12.0. The summed E-state index contributed by atoms with van der Waals surface area (Å²) >= 11 is 25.3. The van der Waals surface area contributed by atoms with E-state index in [9.17, 15) is 14.4 Å². The predicted octanol–water partition coefficient (Wildman–Crippen LogP) is 25.4. The fourth-order valence-corrected chi connectivity index (χ4v) is 21.7. The number of primary amides is 1. The molecule has 4 aromatic carbocycles. The van der Waals surface area contributed by atoms with Crippen molar-refractivity contribution in [2.24, 2.45) is 28.5 Å². The third kappa shape index (κ3) is 24.2. The molecule has 143 heavy (non-hydrogen) atoms. The van der Waals surface area contributed by atoms with Crippen LogP contribution in [0.3, 0.4) is 0 Å². The van der Waals surface area contributed by atoms with Gasteiger partial charge in [-0.3, -0.25) is 38.1 Å². The fourth-order valence-electron chi connectivity index (χ4n) is 17.4. The van der Waals surface area contributed by atoms with Gasteiger partial charge < -0.3 is 60.6 Å². The molecule has 3 aliphatic carbocycles. The molecule has 0 bridgehead atoms. The highest BCUT2D eigenvalue weighted by Crippen LogP contribution is 2.46. The van der Waals surface area contributed by atoms with E-state index in [2.05, 4.69) is 94.8 Å². The molecule has 30 nitrogen and oxygen atoms in total. The topological polar surface area (TPSA) is 373 Å². The molecule has 0 radical (unpaired) electrons. The van der Waals surface area contributed by atoms with Crippen LogP contribution < -0.4 is 46.4 Å². The van der Waals surface area contributed by atoms with Gasteiger partial charge in [0.1, 0.15) is 123 Å². The Morgan fingerprint density at radius 1 is 0.392 bits per heavy atom. The summed E-state index contributed by atoms with van der Waals surface area (Å²) in [6.07, 6.45) is 16.8. The maximum absolute atomic E-state index is 12.7. The van der Waals surface area contributed by atoms with Crippen molar-refractivity contribution in [3.63, 3.8) is 0 Å². The summed E-state index contributed by atoms with van der Waals surface area (Å²) in [5.41, 5.74) is 33.3. The number of fused-ring (bicyclic) bond motifs is 4. The van der Waals surface area contributed by atoms with Gasteiger partial charge in [-0.2, -0.15) is 0 Å².